The fourth-order valence-corrected chi connectivity index (χ4v) is 3.68. The molecule has 1 aromatic carbocycles. The van der Waals surface area contributed by atoms with E-state index in [2.05, 4.69) is 44.3 Å². The Kier molecular flexibility index (Phi) is 5.00. The van der Waals surface area contributed by atoms with Crippen LogP contribution in [0.4, 0.5) is 17.3 Å². The Morgan fingerprint density at radius 2 is 1.66 bits per heavy atom. The molecule has 0 saturated carbocycles. The summed E-state index contributed by atoms with van der Waals surface area (Å²) in [7, 11) is 2.16. The predicted octanol–water partition coefficient (Wildman–Crippen LogP) is 3.04. The van der Waals surface area contributed by atoms with Crippen molar-refractivity contribution in [1.82, 2.24) is 19.4 Å². The molecule has 0 atom stereocenters. The lowest BCUT2D eigenvalue weighted by Crippen LogP contribution is -2.44. The molecule has 1 fully saturated rings. The maximum absolute atomic E-state index is 12.4. The lowest BCUT2D eigenvalue weighted by Gasteiger charge is -2.34. The number of hydrogen-bond donors (Lipinski definition) is 1. The Morgan fingerprint density at radius 3 is 2.31 bits per heavy atom. The maximum atomic E-state index is 12.4. The van der Waals surface area contributed by atoms with E-state index in [1.165, 1.54) is 5.69 Å². The summed E-state index contributed by atoms with van der Waals surface area (Å²) in [5.74, 6) is 0.480. The number of fused-ring (bicyclic) bond motifs is 1. The third kappa shape index (κ3) is 4.10. The zero-order chi connectivity index (χ0) is 20.6. The van der Waals surface area contributed by atoms with Crippen LogP contribution in [0.5, 0.6) is 0 Å². The van der Waals surface area contributed by atoms with Gasteiger partial charge >= 0.3 is 0 Å². The number of hydrogen-bond acceptors (Lipinski definition) is 6. The fraction of sp³-hybridized carbons (Fsp3) is 0.409. The highest BCUT2D eigenvalue weighted by atomic mass is 16.1. The van der Waals surface area contributed by atoms with Crippen LogP contribution < -0.4 is 15.8 Å². The second-order valence-electron chi connectivity index (χ2n) is 8.61. The number of nitrogens with one attached hydrogen (secondary N) is 1. The summed E-state index contributed by atoms with van der Waals surface area (Å²) in [5.41, 5.74) is 2.35. The second-order valence-corrected chi connectivity index (χ2v) is 8.61. The lowest BCUT2D eigenvalue weighted by molar-refractivity contribution is 0.313. The molecule has 3 aromatic rings. The van der Waals surface area contributed by atoms with Crippen LogP contribution in [0, 0.1) is 0 Å². The van der Waals surface area contributed by atoms with Gasteiger partial charge in [0.05, 0.1) is 0 Å². The summed E-state index contributed by atoms with van der Waals surface area (Å²) >= 11 is 0. The Labute approximate surface area is 171 Å². The van der Waals surface area contributed by atoms with Gasteiger partial charge in [0.15, 0.2) is 0 Å². The Morgan fingerprint density at radius 1 is 0.966 bits per heavy atom. The number of aromatic nitrogens is 3. The van der Waals surface area contributed by atoms with E-state index in [0.717, 1.165) is 37.3 Å². The van der Waals surface area contributed by atoms with E-state index in [9.17, 15) is 4.79 Å². The quantitative estimate of drug-likeness (QED) is 0.739. The fourth-order valence-electron chi connectivity index (χ4n) is 3.68. The van der Waals surface area contributed by atoms with Crippen molar-refractivity contribution in [3.63, 3.8) is 0 Å². The Balaban J connectivity index is 1.59. The molecule has 0 radical (unpaired) electrons. The molecule has 1 N–H and O–H groups in total. The molecule has 2 aromatic heterocycles. The van der Waals surface area contributed by atoms with Gasteiger partial charge in [-0.1, -0.05) is 0 Å². The highest BCUT2D eigenvalue weighted by Gasteiger charge is 2.19. The van der Waals surface area contributed by atoms with E-state index in [1.54, 1.807) is 22.9 Å². The molecule has 0 amide bonds. The summed E-state index contributed by atoms with van der Waals surface area (Å²) < 4.78 is 1.71. The first-order valence-electron chi connectivity index (χ1n) is 10.0. The van der Waals surface area contributed by atoms with Crippen LogP contribution in [0.15, 0.2) is 47.4 Å². The number of rotatable bonds is 3. The van der Waals surface area contributed by atoms with Crippen molar-refractivity contribution in [2.45, 2.75) is 26.3 Å². The summed E-state index contributed by atoms with van der Waals surface area (Å²) in [6, 6.07) is 11.7. The first-order valence-corrected chi connectivity index (χ1v) is 10.0. The van der Waals surface area contributed by atoms with E-state index in [-0.39, 0.29) is 11.1 Å². The van der Waals surface area contributed by atoms with Gasteiger partial charge in [0.1, 0.15) is 5.65 Å². The zero-order valence-corrected chi connectivity index (χ0v) is 17.5. The van der Waals surface area contributed by atoms with Gasteiger partial charge in [0.25, 0.3) is 5.56 Å². The molecule has 3 heterocycles. The molecule has 0 bridgehead atoms. The average molecular weight is 393 g/mol. The smallest absolute Gasteiger partial charge is 0.252 e. The van der Waals surface area contributed by atoms with Gasteiger partial charge in [0, 0.05) is 60.7 Å². The van der Waals surface area contributed by atoms with Crippen molar-refractivity contribution in [2.75, 3.05) is 43.4 Å². The van der Waals surface area contributed by atoms with Crippen LogP contribution in [0.1, 0.15) is 20.8 Å². The van der Waals surface area contributed by atoms with Gasteiger partial charge in [-0.15, -0.1) is 0 Å². The number of benzene rings is 1. The van der Waals surface area contributed by atoms with E-state index >= 15 is 0 Å². The largest absolute Gasteiger partial charge is 0.369 e. The van der Waals surface area contributed by atoms with Gasteiger partial charge in [0.2, 0.25) is 5.95 Å². The molecule has 0 aliphatic carbocycles. The summed E-state index contributed by atoms with van der Waals surface area (Å²) in [6.45, 7) is 10.3. The van der Waals surface area contributed by atoms with E-state index in [4.69, 9.17) is 0 Å². The molecular weight excluding hydrogens is 364 g/mol. The van der Waals surface area contributed by atoms with Crippen molar-refractivity contribution in [1.29, 1.82) is 0 Å². The molecule has 4 rings (SSSR count). The zero-order valence-electron chi connectivity index (χ0n) is 17.5. The molecule has 0 unspecified atom stereocenters. The van der Waals surface area contributed by atoms with Crippen LogP contribution in [0.3, 0.4) is 0 Å². The van der Waals surface area contributed by atoms with E-state index in [1.807, 2.05) is 32.9 Å². The van der Waals surface area contributed by atoms with Crippen molar-refractivity contribution >= 4 is 28.4 Å². The first-order chi connectivity index (χ1) is 13.8. The van der Waals surface area contributed by atoms with Gasteiger partial charge in [-0.05, 0) is 58.2 Å². The number of nitrogens with zero attached hydrogens (tertiary/aromatic N) is 5. The van der Waals surface area contributed by atoms with E-state index in [0.29, 0.717) is 11.6 Å². The van der Waals surface area contributed by atoms with Crippen molar-refractivity contribution < 1.29 is 0 Å². The number of pyridine rings is 1. The SMILES string of the molecule is CN1CCN(c2ccc(Nc3ncc4ccc(=O)n(C(C)(C)C)c4n3)cc2)CC1. The van der Waals surface area contributed by atoms with Gasteiger partial charge in [-0.3, -0.25) is 9.36 Å². The molecule has 7 heteroatoms. The highest BCUT2D eigenvalue weighted by molar-refractivity contribution is 5.76. The summed E-state index contributed by atoms with van der Waals surface area (Å²) in [4.78, 5) is 26.2. The minimum Gasteiger partial charge on any atom is -0.369 e. The summed E-state index contributed by atoms with van der Waals surface area (Å²) in [6.07, 6.45) is 1.75. The highest BCUT2D eigenvalue weighted by Crippen LogP contribution is 2.23. The Bertz CT molecular complexity index is 1060. The lowest BCUT2D eigenvalue weighted by atomic mass is 10.1. The monoisotopic (exact) mass is 392 g/mol. The predicted molar refractivity (Wildman–Crippen MR) is 118 cm³/mol. The first kappa shape index (κ1) is 19.4. The van der Waals surface area contributed by atoms with Crippen molar-refractivity contribution in [3.05, 3.63) is 52.9 Å². The van der Waals surface area contributed by atoms with Crippen LogP contribution in [-0.4, -0.2) is 52.7 Å². The molecule has 1 saturated heterocycles. The van der Waals surface area contributed by atoms with Crippen LogP contribution in [-0.2, 0) is 5.54 Å². The van der Waals surface area contributed by atoms with Crippen molar-refractivity contribution in [3.8, 4) is 0 Å². The topological polar surface area (TPSA) is 66.3 Å². The van der Waals surface area contributed by atoms with Crippen LogP contribution >= 0.6 is 0 Å². The van der Waals surface area contributed by atoms with Crippen LogP contribution in [0.2, 0.25) is 0 Å². The Hall–Kier alpha value is -2.93. The van der Waals surface area contributed by atoms with E-state index < -0.39 is 0 Å². The molecule has 0 spiro atoms. The molecule has 152 valence electrons. The minimum atomic E-state index is -0.369. The number of likely N-dealkylation sites (N-methyl/N-ethyl adjacent to an activating group) is 1. The molecule has 1 aliphatic heterocycles. The normalized spacial score (nSPS) is 15.7. The average Bonchev–Trinajstić information content (AvgIpc) is 2.68. The van der Waals surface area contributed by atoms with Crippen molar-refractivity contribution in [2.24, 2.45) is 0 Å². The minimum absolute atomic E-state index is 0.0637. The van der Waals surface area contributed by atoms with Gasteiger partial charge < -0.3 is 15.1 Å². The second kappa shape index (κ2) is 7.48. The van der Waals surface area contributed by atoms with Crippen LogP contribution in [0.25, 0.3) is 11.0 Å². The number of anilines is 3. The maximum Gasteiger partial charge on any atom is 0.252 e. The van der Waals surface area contributed by atoms with Gasteiger partial charge in [-0.2, -0.15) is 4.98 Å². The number of piperazine rings is 1. The molecule has 7 nitrogen and oxygen atoms in total. The van der Waals surface area contributed by atoms with Gasteiger partial charge in [-0.25, -0.2) is 4.98 Å². The third-order valence-electron chi connectivity index (χ3n) is 5.30. The standard InChI is InChI=1S/C22H28N6O/c1-22(2,3)28-19(29)10-5-16-15-23-21(25-20(16)28)24-17-6-8-18(9-7-17)27-13-11-26(4)12-14-27/h5-10,15H,11-14H2,1-4H3,(H,23,24,25). The summed E-state index contributed by atoms with van der Waals surface area (Å²) in [5, 5.41) is 4.11. The third-order valence-corrected chi connectivity index (χ3v) is 5.30. The molecular formula is C22H28N6O. The molecule has 1 aliphatic rings. The molecule has 29 heavy (non-hydrogen) atoms.